The van der Waals surface area contributed by atoms with Gasteiger partial charge >= 0.3 is 0 Å². The quantitative estimate of drug-likeness (QED) is 0.931. The molecular weight excluding hydrogens is 300 g/mol. The molecule has 0 spiro atoms. The summed E-state index contributed by atoms with van der Waals surface area (Å²) in [5, 5.41) is 6.48. The Balaban J connectivity index is 2.05. The highest BCUT2D eigenvalue weighted by molar-refractivity contribution is 9.10. The van der Waals surface area contributed by atoms with E-state index in [4.69, 9.17) is 4.74 Å². The lowest BCUT2D eigenvalue weighted by molar-refractivity contribution is 0.414. The van der Waals surface area contributed by atoms with Crippen LogP contribution in [0.4, 0.5) is 5.69 Å². The molecule has 0 aliphatic rings. The van der Waals surface area contributed by atoms with Crippen molar-refractivity contribution >= 4 is 33.0 Å². The maximum Gasteiger partial charge on any atom is 0.122 e. The maximum absolute atomic E-state index is 5.21. The molecule has 0 aliphatic carbocycles. The summed E-state index contributed by atoms with van der Waals surface area (Å²) in [6.45, 7) is 2.74. The molecule has 1 aromatic heterocycles. The van der Waals surface area contributed by atoms with Crippen LogP contribution < -0.4 is 10.1 Å². The Labute approximate surface area is 113 Å². The van der Waals surface area contributed by atoms with E-state index in [1.807, 2.05) is 25.1 Å². The number of rotatable bonds is 4. The van der Waals surface area contributed by atoms with Gasteiger partial charge in [-0.25, -0.2) is 4.98 Å². The third kappa shape index (κ3) is 3.44. The molecule has 0 bridgehead atoms. The van der Waals surface area contributed by atoms with Crippen LogP contribution in [0.5, 0.6) is 5.75 Å². The Morgan fingerprint density at radius 1 is 1.41 bits per heavy atom. The standard InChI is InChI=1S/C12H13BrN2OS/c1-8-15-11(7-17-8)6-14-10-3-9(13)4-12(5-10)16-2/h3-5,7,14H,6H2,1-2H3. The summed E-state index contributed by atoms with van der Waals surface area (Å²) >= 11 is 5.12. The van der Waals surface area contributed by atoms with Crippen molar-refractivity contribution in [1.29, 1.82) is 0 Å². The lowest BCUT2D eigenvalue weighted by Gasteiger charge is -2.07. The Morgan fingerprint density at radius 3 is 2.88 bits per heavy atom. The predicted octanol–water partition coefficient (Wildman–Crippen LogP) is 3.83. The zero-order valence-corrected chi connectivity index (χ0v) is 12.1. The van der Waals surface area contributed by atoms with Crippen LogP contribution in [0, 0.1) is 6.92 Å². The molecule has 1 heterocycles. The maximum atomic E-state index is 5.21. The summed E-state index contributed by atoms with van der Waals surface area (Å²) in [7, 11) is 1.66. The van der Waals surface area contributed by atoms with Gasteiger partial charge in [-0.15, -0.1) is 11.3 Å². The molecule has 1 aromatic carbocycles. The summed E-state index contributed by atoms with van der Waals surface area (Å²) in [6, 6.07) is 5.91. The lowest BCUT2D eigenvalue weighted by atomic mass is 10.3. The summed E-state index contributed by atoms with van der Waals surface area (Å²) in [5.74, 6) is 0.830. The van der Waals surface area contributed by atoms with Gasteiger partial charge in [0.05, 0.1) is 24.4 Å². The van der Waals surface area contributed by atoms with E-state index < -0.39 is 0 Å². The lowest BCUT2D eigenvalue weighted by Crippen LogP contribution is -2.00. The van der Waals surface area contributed by atoms with E-state index in [9.17, 15) is 0 Å². The molecule has 0 radical (unpaired) electrons. The van der Waals surface area contributed by atoms with Gasteiger partial charge in [-0.1, -0.05) is 15.9 Å². The number of methoxy groups -OCH3 is 1. The van der Waals surface area contributed by atoms with Crippen LogP contribution in [-0.2, 0) is 6.54 Å². The van der Waals surface area contributed by atoms with Crippen LogP contribution in [0.2, 0.25) is 0 Å². The molecule has 90 valence electrons. The number of ether oxygens (including phenoxy) is 1. The van der Waals surface area contributed by atoms with Crippen molar-refractivity contribution in [2.75, 3.05) is 12.4 Å². The summed E-state index contributed by atoms with van der Waals surface area (Å²) in [5.41, 5.74) is 2.08. The van der Waals surface area contributed by atoms with Gasteiger partial charge in [0.15, 0.2) is 0 Å². The van der Waals surface area contributed by atoms with Gasteiger partial charge < -0.3 is 10.1 Å². The number of thiazole rings is 1. The number of halogens is 1. The van der Waals surface area contributed by atoms with Crippen molar-refractivity contribution in [2.24, 2.45) is 0 Å². The second kappa shape index (κ2) is 5.51. The first-order valence-electron chi connectivity index (χ1n) is 5.17. The highest BCUT2D eigenvalue weighted by Gasteiger charge is 2.01. The number of anilines is 1. The fourth-order valence-corrected chi connectivity index (χ4v) is 2.55. The molecule has 2 aromatic rings. The van der Waals surface area contributed by atoms with Crippen LogP contribution in [0.1, 0.15) is 10.7 Å². The molecular formula is C12H13BrN2OS. The third-order valence-electron chi connectivity index (χ3n) is 2.25. The molecule has 2 rings (SSSR count). The highest BCUT2D eigenvalue weighted by Crippen LogP contribution is 2.24. The third-order valence-corrected chi connectivity index (χ3v) is 3.53. The highest BCUT2D eigenvalue weighted by atomic mass is 79.9. The van der Waals surface area contributed by atoms with Crippen LogP contribution in [0.3, 0.4) is 0 Å². The van der Waals surface area contributed by atoms with Crippen LogP contribution in [0.15, 0.2) is 28.1 Å². The molecule has 0 aliphatic heterocycles. The van der Waals surface area contributed by atoms with Crippen molar-refractivity contribution in [3.63, 3.8) is 0 Å². The number of benzene rings is 1. The zero-order valence-electron chi connectivity index (χ0n) is 9.66. The van der Waals surface area contributed by atoms with Gasteiger partial charge in [0.1, 0.15) is 5.75 Å². The number of hydrogen-bond donors (Lipinski definition) is 1. The number of hydrogen-bond acceptors (Lipinski definition) is 4. The van der Waals surface area contributed by atoms with Gasteiger partial charge in [-0.3, -0.25) is 0 Å². The molecule has 0 amide bonds. The van der Waals surface area contributed by atoms with Gasteiger partial charge in [0.25, 0.3) is 0 Å². The fourth-order valence-electron chi connectivity index (χ4n) is 1.46. The Bertz CT molecular complexity index is 513. The van der Waals surface area contributed by atoms with Gasteiger partial charge in [-0.2, -0.15) is 0 Å². The van der Waals surface area contributed by atoms with Crippen molar-refractivity contribution in [1.82, 2.24) is 4.98 Å². The summed E-state index contributed by atoms with van der Waals surface area (Å²) in [6.07, 6.45) is 0. The SMILES string of the molecule is COc1cc(Br)cc(NCc2csc(C)n2)c1. The summed E-state index contributed by atoms with van der Waals surface area (Å²) < 4.78 is 6.20. The van der Waals surface area contributed by atoms with E-state index in [0.717, 1.165) is 33.2 Å². The Morgan fingerprint density at radius 2 is 2.24 bits per heavy atom. The number of nitrogens with zero attached hydrogens (tertiary/aromatic N) is 1. The number of aryl methyl sites for hydroxylation is 1. The minimum Gasteiger partial charge on any atom is -0.497 e. The first kappa shape index (κ1) is 12.4. The van der Waals surface area contributed by atoms with Gasteiger partial charge in [0.2, 0.25) is 0 Å². The molecule has 0 saturated heterocycles. The predicted molar refractivity (Wildman–Crippen MR) is 74.9 cm³/mol. The van der Waals surface area contributed by atoms with Crippen LogP contribution in [0.25, 0.3) is 0 Å². The number of nitrogens with one attached hydrogen (secondary N) is 1. The largest absolute Gasteiger partial charge is 0.497 e. The van der Waals surface area contributed by atoms with Crippen molar-refractivity contribution in [3.05, 3.63) is 38.8 Å². The van der Waals surface area contributed by atoms with Gasteiger partial charge in [0, 0.05) is 21.6 Å². The summed E-state index contributed by atoms with van der Waals surface area (Å²) in [4.78, 5) is 4.40. The molecule has 1 N–H and O–H groups in total. The minimum atomic E-state index is 0.726. The smallest absolute Gasteiger partial charge is 0.122 e. The van der Waals surface area contributed by atoms with E-state index in [2.05, 4.69) is 31.6 Å². The Kier molecular flexibility index (Phi) is 4.02. The fraction of sp³-hybridized carbons (Fsp3) is 0.250. The normalized spacial score (nSPS) is 10.3. The monoisotopic (exact) mass is 312 g/mol. The first-order valence-corrected chi connectivity index (χ1v) is 6.84. The van der Waals surface area contributed by atoms with Crippen molar-refractivity contribution in [3.8, 4) is 5.75 Å². The van der Waals surface area contributed by atoms with Crippen LogP contribution >= 0.6 is 27.3 Å². The molecule has 17 heavy (non-hydrogen) atoms. The molecule has 3 nitrogen and oxygen atoms in total. The molecule has 0 saturated carbocycles. The topological polar surface area (TPSA) is 34.1 Å². The Hall–Kier alpha value is -1.07. The van der Waals surface area contributed by atoms with Crippen molar-refractivity contribution in [2.45, 2.75) is 13.5 Å². The van der Waals surface area contributed by atoms with E-state index in [1.165, 1.54) is 0 Å². The van der Waals surface area contributed by atoms with E-state index in [0.29, 0.717) is 0 Å². The molecule has 0 unspecified atom stereocenters. The van der Waals surface area contributed by atoms with E-state index >= 15 is 0 Å². The molecule has 0 fully saturated rings. The van der Waals surface area contributed by atoms with Crippen molar-refractivity contribution < 1.29 is 4.74 Å². The second-order valence-corrected chi connectivity index (χ2v) is 5.57. The number of aromatic nitrogens is 1. The molecule has 0 atom stereocenters. The van der Waals surface area contributed by atoms with Gasteiger partial charge in [-0.05, 0) is 19.1 Å². The zero-order chi connectivity index (χ0) is 12.3. The first-order chi connectivity index (χ1) is 8.17. The molecule has 5 heteroatoms. The second-order valence-electron chi connectivity index (χ2n) is 3.59. The minimum absolute atomic E-state index is 0.726. The van der Waals surface area contributed by atoms with E-state index in [1.54, 1.807) is 18.4 Å². The van der Waals surface area contributed by atoms with E-state index in [-0.39, 0.29) is 0 Å². The average molecular weight is 313 g/mol. The average Bonchev–Trinajstić information content (AvgIpc) is 2.72. The van der Waals surface area contributed by atoms with Crippen LogP contribution in [-0.4, -0.2) is 12.1 Å².